The van der Waals surface area contributed by atoms with E-state index < -0.39 is 0 Å². The Labute approximate surface area is 168 Å². The third kappa shape index (κ3) is 6.12. The molecule has 0 aliphatic rings. The molecular weight excluding hydrogens is 507 g/mol. The predicted octanol–water partition coefficient (Wildman–Crippen LogP) is 4.68. The zero-order chi connectivity index (χ0) is 18.2. The van der Waals surface area contributed by atoms with Crippen LogP contribution in [0.15, 0.2) is 72.8 Å². The molecule has 0 fully saturated rings. The van der Waals surface area contributed by atoms with Gasteiger partial charge in [-0.25, -0.2) is 0 Å². The summed E-state index contributed by atoms with van der Waals surface area (Å²) in [7, 11) is 0. The number of hydrogen-bond donors (Lipinski definition) is 1. The average Bonchev–Trinajstić information content (AvgIpc) is 3.05. The Morgan fingerprint density at radius 1 is 1.15 bits per heavy atom. The van der Waals surface area contributed by atoms with E-state index in [4.69, 9.17) is 5.11 Å². The van der Waals surface area contributed by atoms with Crippen LogP contribution in [0.4, 0.5) is 0 Å². The molecule has 4 nitrogen and oxygen atoms in total. The molecule has 0 radical (unpaired) electrons. The van der Waals surface area contributed by atoms with Crippen LogP contribution < -0.4 is 0 Å². The van der Waals surface area contributed by atoms with E-state index in [0.717, 1.165) is 17.1 Å². The van der Waals surface area contributed by atoms with Crippen LogP contribution in [-0.4, -0.2) is 20.4 Å². The van der Waals surface area contributed by atoms with Crippen molar-refractivity contribution in [1.29, 1.82) is 0 Å². The molecule has 0 amide bonds. The molecule has 0 atom stereocenters. The van der Waals surface area contributed by atoms with E-state index in [2.05, 4.69) is 34.7 Å². The van der Waals surface area contributed by atoms with Crippen LogP contribution >= 0.6 is 0 Å². The first-order valence-corrected chi connectivity index (χ1v) is 7.93. The van der Waals surface area contributed by atoms with Crippen LogP contribution in [0.5, 0.6) is 0 Å². The number of benzene rings is 2. The molecule has 3 rings (SSSR count). The van der Waals surface area contributed by atoms with Crippen molar-refractivity contribution in [2.45, 2.75) is 20.8 Å². The normalized spacial score (nSPS) is 10.3. The number of allylic oxidation sites excluding steroid dienone is 2. The smallest absolute Gasteiger partial charge is 0.155 e. The third-order valence-electron chi connectivity index (χ3n) is 3.38. The van der Waals surface area contributed by atoms with Gasteiger partial charge in [0.05, 0.1) is 11.6 Å². The fraction of sp³-hybridized carbons (Fsp3) is 0.143. The van der Waals surface area contributed by atoms with Gasteiger partial charge in [0.2, 0.25) is 0 Å². The quantitative estimate of drug-likeness (QED) is 0.305. The summed E-state index contributed by atoms with van der Waals surface area (Å²) in [5, 5.41) is 8.36. The maximum absolute atomic E-state index is 10.0. The second-order valence-electron chi connectivity index (χ2n) is 5.58. The van der Waals surface area contributed by atoms with Crippen LogP contribution in [0.2, 0.25) is 0 Å². The molecule has 0 spiro atoms. The summed E-state index contributed by atoms with van der Waals surface area (Å²) < 4.78 is 2.10. The summed E-state index contributed by atoms with van der Waals surface area (Å²) in [6.07, 6.45) is 4.97. The Morgan fingerprint density at radius 3 is 2.38 bits per heavy atom. The van der Waals surface area contributed by atoms with E-state index >= 15 is 0 Å². The number of imidazole rings is 1. The van der Waals surface area contributed by atoms with Crippen LogP contribution in [0.1, 0.15) is 19.4 Å². The van der Waals surface area contributed by atoms with Crippen LogP contribution in [-0.2, 0) is 25.9 Å². The maximum atomic E-state index is 10.0. The number of rotatable bonds is 3. The Balaban J connectivity index is 0.000000366. The minimum Gasteiger partial charge on any atom is -0.512 e. The van der Waals surface area contributed by atoms with E-state index in [0.29, 0.717) is 0 Å². The average molecular weight is 528 g/mol. The van der Waals surface area contributed by atoms with Gasteiger partial charge < -0.3 is 9.67 Å². The zero-order valence-corrected chi connectivity index (χ0v) is 17.2. The number of aliphatic hydroxyl groups is 1. The molecule has 0 aliphatic carbocycles. The molecule has 1 aromatic heterocycles. The summed E-state index contributed by atoms with van der Waals surface area (Å²) in [5.41, 5.74) is 3.39. The predicted molar refractivity (Wildman–Crippen MR) is 99.6 cm³/mol. The van der Waals surface area contributed by atoms with Crippen molar-refractivity contribution in [2.24, 2.45) is 0 Å². The second kappa shape index (κ2) is 10.5. The first-order chi connectivity index (χ1) is 12.0. The van der Waals surface area contributed by atoms with Crippen LogP contribution in [0.25, 0.3) is 17.1 Å². The maximum Gasteiger partial charge on any atom is 0.155 e. The number of nitrogens with zero attached hydrogens (tertiary/aromatic N) is 2. The minimum atomic E-state index is -0.125. The fourth-order valence-electron chi connectivity index (χ4n) is 2.36. The molecular formula is C21H21N2O2Pt-. The Hall–Kier alpha value is -2.45. The van der Waals surface area contributed by atoms with Crippen molar-refractivity contribution in [2.75, 3.05) is 0 Å². The van der Waals surface area contributed by atoms with Gasteiger partial charge in [-0.05, 0) is 32.4 Å². The first-order valence-electron chi connectivity index (χ1n) is 7.93. The van der Waals surface area contributed by atoms with E-state index in [9.17, 15) is 4.79 Å². The zero-order valence-electron chi connectivity index (χ0n) is 14.9. The molecule has 1 N–H and O–H groups in total. The number of aryl methyl sites for hydroxylation is 1. The minimum absolute atomic E-state index is 0. The number of para-hydroxylation sites is 1. The SMILES string of the molecule is CC(=O)/C=C(/C)O.Cc1ccccc1-n1ccnc1-c1[c-]cccc1.[Pt]. The number of hydrogen-bond acceptors (Lipinski definition) is 3. The van der Waals surface area contributed by atoms with Crippen molar-refractivity contribution in [3.05, 3.63) is 84.4 Å². The number of aromatic nitrogens is 2. The Morgan fingerprint density at radius 2 is 1.85 bits per heavy atom. The van der Waals surface area contributed by atoms with Gasteiger partial charge in [-0.15, -0.1) is 35.9 Å². The van der Waals surface area contributed by atoms with Crippen molar-refractivity contribution < 1.29 is 31.0 Å². The van der Waals surface area contributed by atoms with Crippen molar-refractivity contribution in [3.8, 4) is 17.1 Å². The number of carbonyl (C=O) groups excluding carboxylic acids is 1. The van der Waals surface area contributed by atoms with Gasteiger partial charge >= 0.3 is 0 Å². The van der Waals surface area contributed by atoms with Gasteiger partial charge in [0, 0.05) is 45.2 Å². The molecule has 0 aliphatic heterocycles. The molecule has 2 aromatic carbocycles. The molecule has 0 saturated carbocycles. The summed E-state index contributed by atoms with van der Waals surface area (Å²) in [6, 6.07) is 19.4. The fourth-order valence-corrected chi connectivity index (χ4v) is 2.36. The standard InChI is InChI=1S/C16H13N2.C5H8O2.Pt/c1-13-7-5-6-10-15(13)18-12-11-17-16(18)14-8-3-2-4-9-14;1-4(6)3-5(2)7;/h2-8,10-12H,1H3;3,6H,1-2H3;/q-1;;/b;4-3-;. The number of aliphatic hydroxyl groups excluding tert-OH is 1. The first kappa shape index (κ1) is 21.6. The van der Waals surface area contributed by atoms with Gasteiger partial charge in [-0.3, -0.25) is 9.78 Å². The summed E-state index contributed by atoms with van der Waals surface area (Å²) >= 11 is 0. The van der Waals surface area contributed by atoms with E-state index in [-0.39, 0.29) is 32.6 Å². The number of ketones is 1. The molecule has 0 unspecified atom stereocenters. The van der Waals surface area contributed by atoms with Gasteiger partial charge in [0.15, 0.2) is 5.78 Å². The van der Waals surface area contributed by atoms with E-state index in [1.807, 2.05) is 48.8 Å². The van der Waals surface area contributed by atoms with E-state index in [1.165, 1.54) is 25.5 Å². The number of carbonyl (C=O) groups is 1. The second-order valence-corrected chi connectivity index (χ2v) is 5.58. The topological polar surface area (TPSA) is 55.1 Å². The van der Waals surface area contributed by atoms with Gasteiger partial charge in [0.1, 0.15) is 0 Å². The van der Waals surface area contributed by atoms with Crippen LogP contribution in [0.3, 0.4) is 0 Å². The van der Waals surface area contributed by atoms with Gasteiger partial charge in [-0.2, -0.15) is 0 Å². The van der Waals surface area contributed by atoms with Gasteiger partial charge in [-0.1, -0.05) is 18.2 Å². The largest absolute Gasteiger partial charge is 0.512 e. The molecule has 138 valence electrons. The molecule has 26 heavy (non-hydrogen) atoms. The van der Waals surface area contributed by atoms with E-state index in [1.54, 1.807) is 0 Å². The third-order valence-corrected chi connectivity index (χ3v) is 3.38. The van der Waals surface area contributed by atoms with Crippen LogP contribution in [0, 0.1) is 13.0 Å². The van der Waals surface area contributed by atoms with Crippen molar-refractivity contribution in [1.82, 2.24) is 9.55 Å². The summed E-state index contributed by atoms with van der Waals surface area (Å²) in [5.74, 6) is 0.859. The Kier molecular flexibility index (Phi) is 8.74. The molecule has 1 heterocycles. The summed E-state index contributed by atoms with van der Waals surface area (Å²) in [4.78, 5) is 14.5. The molecule has 5 heteroatoms. The monoisotopic (exact) mass is 528 g/mol. The van der Waals surface area contributed by atoms with Crippen molar-refractivity contribution >= 4 is 5.78 Å². The molecule has 0 saturated heterocycles. The summed E-state index contributed by atoms with van der Waals surface area (Å²) in [6.45, 7) is 4.95. The van der Waals surface area contributed by atoms with Crippen molar-refractivity contribution in [3.63, 3.8) is 0 Å². The Bertz CT molecular complexity index is 866. The molecule has 0 bridgehead atoms. The molecule has 3 aromatic rings. The van der Waals surface area contributed by atoms with Gasteiger partial charge in [0.25, 0.3) is 0 Å².